The first-order valence-electron chi connectivity index (χ1n) is 9.57. The van der Waals surface area contributed by atoms with E-state index < -0.39 is 11.9 Å². The SMILES string of the molecule is CC1CCc2c(sc3ncn(CC(=O)NN=Cc4ccc(C(=O)O)cc4)c(=O)c23)C1. The van der Waals surface area contributed by atoms with E-state index in [0.29, 0.717) is 16.9 Å². The Labute approximate surface area is 175 Å². The molecule has 0 bridgehead atoms. The summed E-state index contributed by atoms with van der Waals surface area (Å²) in [6, 6.07) is 6.08. The van der Waals surface area contributed by atoms with Crippen LogP contribution in [0.15, 0.2) is 40.5 Å². The van der Waals surface area contributed by atoms with Gasteiger partial charge in [-0.1, -0.05) is 19.1 Å². The summed E-state index contributed by atoms with van der Waals surface area (Å²) in [7, 11) is 0. The lowest BCUT2D eigenvalue weighted by molar-refractivity contribution is -0.121. The van der Waals surface area contributed by atoms with E-state index in [0.717, 1.165) is 29.7 Å². The number of aromatic carboxylic acids is 1. The molecule has 30 heavy (non-hydrogen) atoms. The molecule has 0 fully saturated rings. The molecule has 2 heterocycles. The lowest BCUT2D eigenvalue weighted by Gasteiger charge is -2.17. The molecule has 9 heteroatoms. The van der Waals surface area contributed by atoms with Crippen LogP contribution in [-0.4, -0.2) is 32.7 Å². The normalized spacial score (nSPS) is 16.0. The summed E-state index contributed by atoms with van der Waals surface area (Å²) in [6.07, 6.45) is 5.71. The van der Waals surface area contributed by atoms with Gasteiger partial charge in [-0.3, -0.25) is 14.2 Å². The molecule has 0 aliphatic heterocycles. The smallest absolute Gasteiger partial charge is 0.335 e. The number of aryl methyl sites for hydroxylation is 1. The molecule has 2 N–H and O–H groups in total. The zero-order chi connectivity index (χ0) is 21.3. The highest BCUT2D eigenvalue weighted by atomic mass is 32.1. The summed E-state index contributed by atoms with van der Waals surface area (Å²) in [4.78, 5) is 42.3. The molecule has 1 atom stereocenters. The number of fused-ring (bicyclic) bond motifs is 3. The van der Waals surface area contributed by atoms with Gasteiger partial charge in [0.05, 0.1) is 23.5 Å². The Morgan fingerprint density at radius 1 is 1.37 bits per heavy atom. The van der Waals surface area contributed by atoms with Gasteiger partial charge in [-0.25, -0.2) is 15.2 Å². The minimum atomic E-state index is -1.01. The quantitative estimate of drug-likeness (QED) is 0.482. The van der Waals surface area contributed by atoms with Gasteiger partial charge < -0.3 is 5.11 Å². The summed E-state index contributed by atoms with van der Waals surface area (Å²) < 4.78 is 1.31. The lowest BCUT2D eigenvalue weighted by atomic mass is 9.89. The Morgan fingerprint density at radius 3 is 2.87 bits per heavy atom. The molecule has 1 unspecified atom stereocenters. The Hall–Kier alpha value is -3.33. The fourth-order valence-corrected chi connectivity index (χ4v) is 4.90. The molecule has 8 nitrogen and oxygen atoms in total. The highest BCUT2D eigenvalue weighted by Gasteiger charge is 2.23. The maximum Gasteiger partial charge on any atom is 0.335 e. The number of nitrogens with one attached hydrogen (secondary N) is 1. The predicted octanol–water partition coefficient (Wildman–Crippen LogP) is 2.43. The van der Waals surface area contributed by atoms with E-state index in [9.17, 15) is 14.4 Å². The van der Waals surface area contributed by atoms with Gasteiger partial charge in [-0.15, -0.1) is 11.3 Å². The summed E-state index contributed by atoms with van der Waals surface area (Å²) in [5.41, 5.74) is 4.08. The summed E-state index contributed by atoms with van der Waals surface area (Å²) in [6.45, 7) is 2.03. The molecule has 1 aliphatic carbocycles. The number of amides is 1. The van der Waals surface area contributed by atoms with Crippen LogP contribution < -0.4 is 11.0 Å². The van der Waals surface area contributed by atoms with Gasteiger partial charge in [0.1, 0.15) is 11.4 Å². The van der Waals surface area contributed by atoms with E-state index >= 15 is 0 Å². The molecule has 3 aromatic rings. The molecular formula is C21H20N4O4S. The standard InChI is InChI=1S/C21H20N4O4S/c1-12-2-7-15-16(8-12)30-19-18(15)20(27)25(11-22-19)10-17(26)24-23-9-13-3-5-14(6-4-13)21(28)29/h3-6,9,11-12H,2,7-8,10H2,1H3,(H,24,26)(H,28,29). The van der Waals surface area contributed by atoms with Crippen molar-refractivity contribution in [1.29, 1.82) is 0 Å². The maximum absolute atomic E-state index is 12.9. The average Bonchev–Trinajstić information content (AvgIpc) is 3.08. The summed E-state index contributed by atoms with van der Waals surface area (Å²) in [5.74, 6) is -0.852. The summed E-state index contributed by atoms with van der Waals surface area (Å²) >= 11 is 1.57. The van der Waals surface area contributed by atoms with Crippen molar-refractivity contribution in [3.63, 3.8) is 0 Å². The largest absolute Gasteiger partial charge is 0.478 e. The molecule has 0 saturated heterocycles. The van der Waals surface area contributed by atoms with Crippen molar-refractivity contribution in [2.24, 2.45) is 11.0 Å². The second-order valence-corrected chi connectivity index (χ2v) is 8.51. The molecule has 0 spiro atoms. The van der Waals surface area contributed by atoms with Crippen LogP contribution in [0.2, 0.25) is 0 Å². The number of rotatable bonds is 5. The number of thiophene rings is 1. The molecule has 4 rings (SSSR count). The van der Waals surface area contributed by atoms with E-state index in [1.54, 1.807) is 23.5 Å². The zero-order valence-corrected chi connectivity index (χ0v) is 17.1. The van der Waals surface area contributed by atoms with Crippen LogP contribution in [0.1, 0.15) is 39.7 Å². The number of aromatic nitrogens is 2. The number of carbonyl (C=O) groups is 2. The number of carboxylic acid groups (broad SMARTS) is 1. The van der Waals surface area contributed by atoms with Gasteiger partial charge >= 0.3 is 5.97 Å². The number of hydrazone groups is 1. The molecule has 1 aliphatic rings. The first-order valence-corrected chi connectivity index (χ1v) is 10.4. The Balaban J connectivity index is 1.46. The van der Waals surface area contributed by atoms with E-state index in [-0.39, 0.29) is 17.7 Å². The van der Waals surface area contributed by atoms with Crippen molar-refractivity contribution in [2.45, 2.75) is 32.7 Å². The molecule has 0 radical (unpaired) electrons. The highest BCUT2D eigenvalue weighted by Crippen LogP contribution is 2.35. The summed E-state index contributed by atoms with van der Waals surface area (Å²) in [5, 5.41) is 13.4. The first kappa shape index (κ1) is 20.0. The van der Waals surface area contributed by atoms with Gasteiger partial charge in [0.15, 0.2) is 0 Å². The van der Waals surface area contributed by atoms with Crippen LogP contribution in [0.4, 0.5) is 0 Å². The number of carboxylic acids is 1. The van der Waals surface area contributed by atoms with Crippen LogP contribution in [-0.2, 0) is 24.2 Å². The monoisotopic (exact) mass is 424 g/mol. The van der Waals surface area contributed by atoms with Crippen LogP contribution in [0.25, 0.3) is 10.2 Å². The molecule has 2 aromatic heterocycles. The third kappa shape index (κ3) is 4.02. The number of nitrogens with zero attached hydrogens (tertiary/aromatic N) is 3. The maximum atomic E-state index is 12.9. The zero-order valence-electron chi connectivity index (χ0n) is 16.3. The van der Waals surface area contributed by atoms with E-state index in [1.165, 1.54) is 34.1 Å². The fraction of sp³-hybridized carbons (Fsp3) is 0.286. The van der Waals surface area contributed by atoms with Crippen LogP contribution in [0.5, 0.6) is 0 Å². The molecule has 154 valence electrons. The van der Waals surface area contributed by atoms with Crippen LogP contribution in [0.3, 0.4) is 0 Å². The fourth-order valence-electron chi connectivity index (χ4n) is 3.56. The number of hydrogen-bond donors (Lipinski definition) is 2. The van der Waals surface area contributed by atoms with Crippen LogP contribution in [0, 0.1) is 5.92 Å². The van der Waals surface area contributed by atoms with Crippen molar-refractivity contribution < 1.29 is 14.7 Å². The van der Waals surface area contributed by atoms with Gasteiger partial charge in [0.2, 0.25) is 0 Å². The predicted molar refractivity (Wildman–Crippen MR) is 114 cm³/mol. The van der Waals surface area contributed by atoms with Crippen molar-refractivity contribution >= 4 is 39.6 Å². The second-order valence-electron chi connectivity index (χ2n) is 7.43. The number of carbonyl (C=O) groups excluding carboxylic acids is 1. The molecule has 1 amide bonds. The van der Waals surface area contributed by atoms with E-state index in [4.69, 9.17) is 5.11 Å². The Morgan fingerprint density at radius 2 is 2.13 bits per heavy atom. The minimum Gasteiger partial charge on any atom is -0.478 e. The third-order valence-corrected chi connectivity index (χ3v) is 6.32. The molecule has 1 aromatic carbocycles. The van der Waals surface area contributed by atoms with Crippen molar-refractivity contribution in [1.82, 2.24) is 15.0 Å². The lowest BCUT2D eigenvalue weighted by Crippen LogP contribution is -2.30. The Bertz CT molecular complexity index is 1210. The van der Waals surface area contributed by atoms with Crippen molar-refractivity contribution in [3.8, 4) is 0 Å². The third-order valence-electron chi connectivity index (χ3n) is 5.16. The minimum absolute atomic E-state index is 0.170. The van der Waals surface area contributed by atoms with Gasteiger partial charge in [-0.05, 0) is 48.4 Å². The van der Waals surface area contributed by atoms with Gasteiger partial charge in [-0.2, -0.15) is 5.10 Å². The van der Waals surface area contributed by atoms with Crippen LogP contribution >= 0.6 is 11.3 Å². The highest BCUT2D eigenvalue weighted by molar-refractivity contribution is 7.18. The van der Waals surface area contributed by atoms with E-state index in [1.807, 2.05) is 0 Å². The second kappa shape index (κ2) is 8.19. The molecular weight excluding hydrogens is 404 g/mol. The topological polar surface area (TPSA) is 114 Å². The average molecular weight is 424 g/mol. The number of hydrogen-bond acceptors (Lipinski definition) is 6. The van der Waals surface area contributed by atoms with E-state index in [2.05, 4.69) is 22.4 Å². The van der Waals surface area contributed by atoms with Gasteiger partial charge in [0.25, 0.3) is 11.5 Å². The Kier molecular flexibility index (Phi) is 5.45. The number of benzene rings is 1. The van der Waals surface area contributed by atoms with Crippen molar-refractivity contribution in [2.75, 3.05) is 0 Å². The first-order chi connectivity index (χ1) is 14.4. The van der Waals surface area contributed by atoms with Crippen molar-refractivity contribution in [3.05, 3.63) is 62.5 Å². The van der Waals surface area contributed by atoms with Gasteiger partial charge in [0, 0.05) is 4.88 Å². The molecule has 0 saturated carbocycles.